The number of aromatic nitrogens is 2. The van der Waals surface area contributed by atoms with Crippen molar-refractivity contribution in [3.8, 4) is 0 Å². The molecule has 4 nitrogen and oxygen atoms in total. The molecule has 2 N–H and O–H groups in total. The van der Waals surface area contributed by atoms with Crippen LogP contribution >= 0.6 is 11.3 Å². The highest BCUT2D eigenvalue weighted by Crippen LogP contribution is 2.30. The van der Waals surface area contributed by atoms with Crippen LogP contribution in [0.1, 0.15) is 16.1 Å². The van der Waals surface area contributed by atoms with Crippen LogP contribution in [0.2, 0.25) is 0 Å². The van der Waals surface area contributed by atoms with Crippen molar-refractivity contribution < 1.29 is 0 Å². The third-order valence-electron chi connectivity index (χ3n) is 2.74. The number of benzene rings is 1. The summed E-state index contributed by atoms with van der Waals surface area (Å²) in [6.07, 6.45) is 0. The molecule has 2 heterocycles. The molecule has 0 bridgehead atoms. The molecule has 1 aromatic heterocycles. The predicted molar refractivity (Wildman–Crippen MR) is 65.4 cm³/mol. The highest BCUT2D eigenvalue weighted by molar-refractivity contribution is 7.15. The maximum atomic E-state index is 5.78. The molecule has 0 amide bonds. The Bertz CT molecular complexity index is 535. The predicted octanol–water partition coefficient (Wildman–Crippen LogP) is 1.95. The first kappa shape index (κ1) is 9.59. The Morgan fingerprint density at radius 3 is 2.81 bits per heavy atom. The highest BCUT2D eigenvalue weighted by atomic mass is 32.1. The number of nitrogen functional groups attached to an aromatic ring is 1. The van der Waals surface area contributed by atoms with E-state index in [1.54, 1.807) is 11.3 Å². The van der Waals surface area contributed by atoms with E-state index in [1.807, 2.05) is 19.1 Å². The fraction of sp³-hybridized carbons (Fsp3) is 0.273. The molecule has 0 spiro atoms. The molecule has 0 saturated heterocycles. The van der Waals surface area contributed by atoms with E-state index in [9.17, 15) is 0 Å². The van der Waals surface area contributed by atoms with Crippen LogP contribution in [0.5, 0.6) is 0 Å². The first-order chi connectivity index (χ1) is 7.72. The number of hydrogen-bond acceptors (Lipinski definition) is 5. The van der Waals surface area contributed by atoms with Crippen LogP contribution in [0.3, 0.4) is 0 Å². The van der Waals surface area contributed by atoms with Crippen molar-refractivity contribution in [3.63, 3.8) is 0 Å². The fourth-order valence-electron chi connectivity index (χ4n) is 1.96. The van der Waals surface area contributed by atoms with Gasteiger partial charge in [0, 0.05) is 18.8 Å². The molecule has 0 atom stereocenters. The van der Waals surface area contributed by atoms with Gasteiger partial charge in [-0.05, 0) is 30.2 Å². The van der Waals surface area contributed by atoms with Gasteiger partial charge in [-0.2, -0.15) is 0 Å². The second kappa shape index (κ2) is 3.45. The molecule has 82 valence electrons. The molecule has 0 aliphatic carbocycles. The molecule has 0 radical (unpaired) electrons. The van der Waals surface area contributed by atoms with Crippen LogP contribution in [0.25, 0.3) is 0 Å². The number of hydrogen-bond donors (Lipinski definition) is 1. The number of nitrogens with zero attached hydrogens (tertiary/aromatic N) is 3. The van der Waals surface area contributed by atoms with Gasteiger partial charge in [-0.1, -0.05) is 17.4 Å². The molecule has 2 aromatic rings. The summed E-state index contributed by atoms with van der Waals surface area (Å²) >= 11 is 1.63. The Morgan fingerprint density at radius 1 is 1.25 bits per heavy atom. The quantitative estimate of drug-likeness (QED) is 0.763. The lowest BCUT2D eigenvalue weighted by atomic mass is 10.1. The summed E-state index contributed by atoms with van der Waals surface area (Å²) in [5.74, 6) is 0. The van der Waals surface area contributed by atoms with Crippen LogP contribution in [-0.4, -0.2) is 10.2 Å². The Labute approximate surface area is 97.7 Å². The molecular weight excluding hydrogens is 220 g/mol. The van der Waals surface area contributed by atoms with Gasteiger partial charge in [-0.15, -0.1) is 10.2 Å². The lowest BCUT2D eigenvalue weighted by Crippen LogP contribution is -2.13. The smallest absolute Gasteiger partial charge is 0.208 e. The lowest BCUT2D eigenvalue weighted by Gasteiger charge is -2.11. The topological polar surface area (TPSA) is 55.0 Å². The minimum atomic E-state index is 0.828. The monoisotopic (exact) mass is 232 g/mol. The van der Waals surface area contributed by atoms with Crippen molar-refractivity contribution in [3.05, 3.63) is 34.3 Å². The van der Waals surface area contributed by atoms with Crippen molar-refractivity contribution in [1.29, 1.82) is 0 Å². The van der Waals surface area contributed by atoms with Crippen LogP contribution in [-0.2, 0) is 13.1 Å². The molecule has 1 aromatic carbocycles. The van der Waals surface area contributed by atoms with E-state index in [4.69, 9.17) is 5.73 Å². The lowest BCUT2D eigenvalue weighted by molar-refractivity contribution is 0.854. The molecule has 0 unspecified atom stereocenters. The first-order valence-electron chi connectivity index (χ1n) is 5.15. The number of nitrogens with two attached hydrogens (primary N) is 1. The normalized spacial score (nSPS) is 14.2. The summed E-state index contributed by atoms with van der Waals surface area (Å²) in [5.41, 5.74) is 9.24. The van der Waals surface area contributed by atoms with Gasteiger partial charge in [-0.3, -0.25) is 0 Å². The van der Waals surface area contributed by atoms with Crippen molar-refractivity contribution >= 4 is 22.2 Å². The van der Waals surface area contributed by atoms with Gasteiger partial charge in [0.1, 0.15) is 5.01 Å². The molecule has 1 aliphatic rings. The molecule has 5 heteroatoms. The minimum Gasteiger partial charge on any atom is -0.399 e. The average molecular weight is 232 g/mol. The van der Waals surface area contributed by atoms with Crippen molar-refractivity contribution in [1.82, 2.24) is 10.2 Å². The summed E-state index contributed by atoms with van der Waals surface area (Å²) in [5, 5.41) is 10.2. The first-order valence-corrected chi connectivity index (χ1v) is 5.96. The standard InChI is InChI=1S/C11H12N4S/c1-7-13-14-11(16-7)15-5-8-2-3-10(12)4-9(8)6-15/h2-4H,5-6,12H2,1H3. The number of aryl methyl sites for hydroxylation is 1. The summed E-state index contributed by atoms with van der Waals surface area (Å²) in [7, 11) is 0. The fourth-order valence-corrected chi connectivity index (χ4v) is 2.65. The van der Waals surface area contributed by atoms with Crippen molar-refractivity contribution in [2.45, 2.75) is 20.0 Å². The van der Waals surface area contributed by atoms with E-state index in [1.165, 1.54) is 11.1 Å². The van der Waals surface area contributed by atoms with E-state index < -0.39 is 0 Å². The van der Waals surface area contributed by atoms with Gasteiger partial charge < -0.3 is 10.6 Å². The van der Waals surface area contributed by atoms with E-state index in [0.717, 1.165) is 28.9 Å². The van der Waals surface area contributed by atoms with Crippen LogP contribution in [0, 0.1) is 6.92 Å². The van der Waals surface area contributed by atoms with Crippen molar-refractivity contribution in [2.24, 2.45) is 0 Å². The maximum absolute atomic E-state index is 5.78. The van der Waals surface area contributed by atoms with Crippen LogP contribution in [0.15, 0.2) is 18.2 Å². The van der Waals surface area contributed by atoms with Gasteiger partial charge in [0.25, 0.3) is 0 Å². The summed E-state index contributed by atoms with van der Waals surface area (Å²) in [4.78, 5) is 2.23. The number of rotatable bonds is 1. The van der Waals surface area contributed by atoms with E-state index in [-0.39, 0.29) is 0 Å². The summed E-state index contributed by atoms with van der Waals surface area (Å²) in [6.45, 7) is 3.77. The zero-order valence-corrected chi connectivity index (χ0v) is 9.79. The molecular formula is C11H12N4S. The van der Waals surface area contributed by atoms with E-state index in [0.29, 0.717) is 0 Å². The second-order valence-corrected chi connectivity index (χ2v) is 5.15. The van der Waals surface area contributed by atoms with Gasteiger partial charge in [-0.25, -0.2) is 0 Å². The van der Waals surface area contributed by atoms with Crippen LogP contribution < -0.4 is 10.6 Å². The third-order valence-corrected chi connectivity index (χ3v) is 3.64. The zero-order chi connectivity index (χ0) is 11.1. The van der Waals surface area contributed by atoms with E-state index >= 15 is 0 Å². The third kappa shape index (κ3) is 1.53. The molecule has 3 rings (SSSR count). The molecule has 0 fully saturated rings. The summed E-state index contributed by atoms with van der Waals surface area (Å²) in [6, 6.07) is 6.09. The van der Waals surface area contributed by atoms with Gasteiger partial charge in [0.05, 0.1) is 0 Å². The number of fused-ring (bicyclic) bond motifs is 1. The van der Waals surface area contributed by atoms with Crippen LogP contribution in [0.4, 0.5) is 10.8 Å². The summed E-state index contributed by atoms with van der Waals surface area (Å²) < 4.78 is 0. The Balaban J connectivity index is 1.90. The molecule has 0 saturated carbocycles. The molecule has 1 aliphatic heterocycles. The van der Waals surface area contributed by atoms with Gasteiger partial charge in [0.15, 0.2) is 0 Å². The Morgan fingerprint density at radius 2 is 2.06 bits per heavy atom. The zero-order valence-electron chi connectivity index (χ0n) is 8.97. The van der Waals surface area contributed by atoms with Crippen molar-refractivity contribution in [2.75, 3.05) is 10.6 Å². The van der Waals surface area contributed by atoms with Gasteiger partial charge >= 0.3 is 0 Å². The average Bonchev–Trinajstić information content (AvgIpc) is 2.83. The minimum absolute atomic E-state index is 0.828. The number of anilines is 2. The van der Waals surface area contributed by atoms with Gasteiger partial charge in [0.2, 0.25) is 5.13 Å². The molecule has 16 heavy (non-hydrogen) atoms. The maximum Gasteiger partial charge on any atom is 0.208 e. The Kier molecular flexibility index (Phi) is 2.07. The second-order valence-electron chi connectivity index (χ2n) is 3.99. The highest BCUT2D eigenvalue weighted by Gasteiger charge is 2.21. The SMILES string of the molecule is Cc1nnc(N2Cc3ccc(N)cc3C2)s1. The largest absolute Gasteiger partial charge is 0.399 e. The Hall–Kier alpha value is -1.62. The van der Waals surface area contributed by atoms with E-state index in [2.05, 4.69) is 21.2 Å².